The summed E-state index contributed by atoms with van der Waals surface area (Å²) in [6.45, 7) is 4.73. The van der Waals surface area contributed by atoms with Gasteiger partial charge in [0.05, 0.1) is 18.6 Å². The van der Waals surface area contributed by atoms with E-state index in [0.29, 0.717) is 25.8 Å². The van der Waals surface area contributed by atoms with Gasteiger partial charge in [0.2, 0.25) is 11.8 Å². The summed E-state index contributed by atoms with van der Waals surface area (Å²) < 4.78 is 13.0. The van der Waals surface area contributed by atoms with Crippen LogP contribution in [-0.4, -0.2) is 77.7 Å². The normalized spacial score (nSPS) is 29.6. The van der Waals surface area contributed by atoms with Crippen molar-refractivity contribution in [1.29, 1.82) is 0 Å². The Morgan fingerprint density at radius 1 is 0.958 bits per heavy atom. The number of cyclic esters (lactones) is 1. The molecule has 0 radical (unpaired) electrons. The molecule has 0 aliphatic carbocycles. The van der Waals surface area contributed by atoms with Gasteiger partial charge in [0, 0.05) is 31.8 Å². The van der Waals surface area contributed by atoms with Crippen LogP contribution in [0.4, 0.5) is 5.69 Å². The molecule has 254 valence electrons. The maximum Gasteiger partial charge on any atom is 0.313 e. The molecule has 2 aromatic rings. The number of unbranched alkanes of at least 4 members (excludes halogenated alkanes) is 3. The lowest BCUT2D eigenvalue weighted by atomic mass is 9.77. The Balaban J connectivity index is 1.41. The summed E-state index contributed by atoms with van der Waals surface area (Å²) in [6, 6.07) is 14.2. The van der Waals surface area contributed by atoms with Crippen molar-refractivity contribution in [1.82, 2.24) is 10.2 Å². The van der Waals surface area contributed by atoms with Gasteiger partial charge in [0.25, 0.3) is 5.91 Å². The molecule has 10 nitrogen and oxygen atoms in total. The second-order valence-electron chi connectivity index (χ2n) is 13.3. The third kappa shape index (κ3) is 6.43. The monoisotopic (exact) mass is 655 g/mol. The van der Waals surface area contributed by atoms with E-state index in [4.69, 9.17) is 9.47 Å². The van der Waals surface area contributed by atoms with Crippen LogP contribution in [0.5, 0.6) is 0 Å². The summed E-state index contributed by atoms with van der Waals surface area (Å²) >= 11 is 0. The SMILES string of the molecule is Cc1ccc(C)c(N2CC=C[C@@]34O[C@H]5/C=C\CCC(=O)NC[C@H](c6ccccc6)OC(=O)[C@H]5[C@@H]3C(=O)N(CCCCCCO)[C@H]4C2=O)c1. The maximum absolute atomic E-state index is 14.8. The minimum atomic E-state index is -1.40. The molecule has 0 aromatic heterocycles. The number of amides is 3. The first-order valence-corrected chi connectivity index (χ1v) is 17.1. The lowest BCUT2D eigenvalue weighted by Crippen LogP contribution is -2.55. The van der Waals surface area contributed by atoms with Crippen molar-refractivity contribution in [2.24, 2.45) is 11.8 Å². The molecule has 6 atom stereocenters. The van der Waals surface area contributed by atoms with Crippen molar-refractivity contribution in [3.63, 3.8) is 0 Å². The Hall–Kier alpha value is -4.28. The zero-order chi connectivity index (χ0) is 33.8. The van der Waals surface area contributed by atoms with Crippen LogP contribution in [0.2, 0.25) is 0 Å². The Morgan fingerprint density at radius 3 is 2.54 bits per heavy atom. The van der Waals surface area contributed by atoms with Gasteiger partial charge in [-0.2, -0.15) is 0 Å². The average molecular weight is 656 g/mol. The molecule has 48 heavy (non-hydrogen) atoms. The summed E-state index contributed by atoms with van der Waals surface area (Å²) in [5.41, 5.74) is 2.03. The number of aryl methyl sites for hydroxylation is 2. The van der Waals surface area contributed by atoms with E-state index in [1.54, 1.807) is 15.9 Å². The highest BCUT2D eigenvalue weighted by Gasteiger charge is 2.71. The second kappa shape index (κ2) is 14.5. The number of carbonyl (C=O) groups is 4. The second-order valence-corrected chi connectivity index (χ2v) is 13.3. The van der Waals surface area contributed by atoms with Gasteiger partial charge in [-0.1, -0.05) is 79.6 Å². The first-order valence-electron chi connectivity index (χ1n) is 17.1. The minimum Gasteiger partial charge on any atom is -0.455 e. The number of esters is 1. The van der Waals surface area contributed by atoms with E-state index in [9.17, 15) is 24.3 Å². The summed E-state index contributed by atoms with van der Waals surface area (Å²) in [7, 11) is 0. The molecule has 0 unspecified atom stereocenters. The van der Waals surface area contributed by atoms with Crippen molar-refractivity contribution in [2.75, 3.05) is 31.1 Å². The Morgan fingerprint density at radius 2 is 1.75 bits per heavy atom. The highest BCUT2D eigenvalue weighted by Crippen LogP contribution is 2.53. The molecule has 0 bridgehead atoms. The van der Waals surface area contributed by atoms with E-state index in [2.05, 4.69) is 5.32 Å². The molecule has 3 amide bonds. The molecule has 0 saturated carbocycles. The van der Waals surface area contributed by atoms with E-state index in [-0.39, 0.29) is 43.8 Å². The number of carbonyl (C=O) groups excluding carboxylic acids is 4. The number of nitrogens with zero attached hydrogens (tertiary/aromatic N) is 2. The van der Waals surface area contributed by atoms with Crippen molar-refractivity contribution in [3.05, 3.63) is 89.5 Å². The quantitative estimate of drug-likeness (QED) is 0.249. The van der Waals surface area contributed by atoms with E-state index >= 15 is 0 Å². The average Bonchev–Trinajstić information content (AvgIpc) is 3.46. The lowest BCUT2D eigenvalue weighted by Gasteiger charge is -2.35. The number of anilines is 1. The van der Waals surface area contributed by atoms with E-state index in [1.807, 2.05) is 80.6 Å². The Labute approximate surface area is 281 Å². The van der Waals surface area contributed by atoms with Crippen LogP contribution in [0, 0.1) is 25.7 Å². The number of aliphatic hydroxyl groups is 1. The van der Waals surface area contributed by atoms with Gasteiger partial charge in [-0.15, -0.1) is 0 Å². The van der Waals surface area contributed by atoms with Crippen LogP contribution in [-0.2, 0) is 28.7 Å². The van der Waals surface area contributed by atoms with Crippen LogP contribution in [0.1, 0.15) is 61.3 Å². The summed E-state index contributed by atoms with van der Waals surface area (Å²) in [5, 5.41) is 12.2. The molecule has 2 N–H and O–H groups in total. The van der Waals surface area contributed by atoms with Crippen LogP contribution < -0.4 is 10.2 Å². The number of hydrogen-bond acceptors (Lipinski definition) is 7. The first-order chi connectivity index (χ1) is 23.2. The first kappa shape index (κ1) is 33.6. The zero-order valence-electron chi connectivity index (χ0n) is 27.7. The fourth-order valence-electron chi connectivity index (χ4n) is 7.62. The Kier molecular flexibility index (Phi) is 10.1. The number of hydrogen-bond donors (Lipinski definition) is 2. The number of fused-ring (bicyclic) bond motifs is 2. The van der Waals surface area contributed by atoms with E-state index in [0.717, 1.165) is 35.2 Å². The number of allylic oxidation sites excluding steroid dienone is 1. The number of benzene rings is 2. The molecular weight excluding hydrogens is 610 g/mol. The van der Waals surface area contributed by atoms with Crippen LogP contribution in [0.25, 0.3) is 0 Å². The molecule has 2 aromatic carbocycles. The fourth-order valence-corrected chi connectivity index (χ4v) is 7.62. The van der Waals surface area contributed by atoms with Gasteiger partial charge in [-0.05, 0) is 55.9 Å². The highest BCUT2D eigenvalue weighted by atomic mass is 16.6. The number of nitrogens with one attached hydrogen (secondary N) is 1. The largest absolute Gasteiger partial charge is 0.455 e. The predicted molar refractivity (Wildman–Crippen MR) is 180 cm³/mol. The molecule has 4 aliphatic rings. The standard InChI is InChI=1S/C38H45N3O7/c1-25-17-18-26(2)28(23-25)40-21-12-19-38-33(35(44)41(34(38)36(40)45)20-10-3-4-11-22-42)32-29(48-38)15-8-9-16-31(43)39-24-30(47-37(32)46)27-13-6-5-7-14-27/h5-8,12-15,17-19,23,29-30,32-34,42H,3-4,9-11,16,20-22,24H2,1-2H3,(H,39,43)/b15-8-/t29-,30+,32+,33+,34-,38+/m0/s1. The molecule has 4 heterocycles. The van der Waals surface area contributed by atoms with Crippen molar-refractivity contribution in [2.45, 2.75) is 76.2 Å². The predicted octanol–water partition coefficient (Wildman–Crippen LogP) is 4.09. The topological polar surface area (TPSA) is 125 Å². The van der Waals surface area contributed by atoms with Crippen molar-refractivity contribution < 1.29 is 33.8 Å². The van der Waals surface area contributed by atoms with Gasteiger partial charge in [0.15, 0.2) is 0 Å². The van der Waals surface area contributed by atoms with Gasteiger partial charge in [-0.3, -0.25) is 19.2 Å². The molecule has 2 saturated heterocycles. The molecule has 10 heteroatoms. The number of ether oxygens (including phenoxy) is 2. The van der Waals surface area contributed by atoms with Crippen LogP contribution in [0.15, 0.2) is 72.8 Å². The molecule has 2 fully saturated rings. The molecular formula is C38H45N3O7. The third-order valence-electron chi connectivity index (χ3n) is 10.0. The van der Waals surface area contributed by atoms with Gasteiger partial charge in [0.1, 0.15) is 23.7 Å². The number of aliphatic hydroxyl groups excluding tert-OH is 1. The maximum atomic E-state index is 14.8. The minimum absolute atomic E-state index is 0.0894. The summed E-state index contributed by atoms with van der Waals surface area (Å²) in [5.74, 6) is -3.34. The van der Waals surface area contributed by atoms with Gasteiger partial charge >= 0.3 is 5.97 Å². The Bertz CT molecular complexity index is 1590. The van der Waals surface area contributed by atoms with Gasteiger partial charge in [-0.25, -0.2) is 0 Å². The summed E-state index contributed by atoms with van der Waals surface area (Å²) in [4.78, 5) is 59.8. The number of rotatable bonds is 8. The molecule has 6 rings (SSSR count). The van der Waals surface area contributed by atoms with Crippen LogP contribution >= 0.6 is 0 Å². The highest BCUT2D eigenvalue weighted by molar-refractivity contribution is 6.06. The smallest absolute Gasteiger partial charge is 0.313 e. The molecule has 1 spiro atoms. The fraction of sp³-hybridized carbons (Fsp3) is 0.474. The van der Waals surface area contributed by atoms with Crippen molar-refractivity contribution >= 4 is 29.4 Å². The van der Waals surface area contributed by atoms with Crippen LogP contribution in [0.3, 0.4) is 0 Å². The third-order valence-corrected chi connectivity index (χ3v) is 10.0. The van der Waals surface area contributed by atoms with E-state index < -0.39 is 41.7 Å². The zero-order valence-corrected chi connectivity index (χ0v) is 27.7. The van der Waals surface area contributed by atoms with Crippen molar-refractivity contribution in [3.8, 4) is 0 Å². The molecule has 4 aliphatic heterocycles. The van der Waals surface area contributed by atoms with Gasteiger partial charge < -0.3 is 29.7 Å². The summed E-state index contributed by atoms with van der Waals surface area (Å²) in [6.07, 6.45) is 9.21. The number of likely N-dealkylation sites (tertiary alicyclic amines) is 1. The van der Waals surface area contributed by atoms with E-state index in [1.165, 1.54) is 0 Å². The lowest BCUT2D eigenvalue weighted by molar-refractivity contribution is -0.159.